The lowest BCUT2D eigenvalue weighted by Crippen LogP contribution is -2.16. The van der Waals surface area contributed by atoms with Crippen LogP contribution in [0.15, 0.2) is 47.6 Å². The molecule has 1 aliphatic rings. The van der Waals surface area contributed by atoms with Crippen LogP contribution in [0.1, 0.15) is 23.7 Å². The van der Waals surface area contributed by atoms with E-state index in [2.05, 4.69) is 29.0 Å². The molecule has 0 N–H and O–H groups in total. The first kappa shape index (κ1) is 19.2. The minimum Gasteiger partial charge on any atom is -0.493 e. The summed E-state index contributed by atoms with van der Waals surface area (Å²) in [6.45, 7) is 2.71. The van der Waals surface area contributed by atoms with E-state index < -0.39 is 0 Å². The van der Waals surface area contributed by atoms with E-state index in [9.17, 15) is 4.79 Å². The van der Waals surface area contributed by atoms with Crippen molar-refractivity contribution in [3.05, 3.63) is 59.4 Å². The zero-order chi connectivity index (χ0) is 18.4. The van der Waals surface area contributed by atoms with Crippen LogP contribution in [0.3, 0.4) is 0 Å². The van der Waals surface area contributed by atoms with E-state index in [1.165, 1.54) is 17.3 Å². The van der Waals surface area contributed by atoms with E-state index in [0.29, 0.717) is 18.9 Å². The fraction of sp³-hybridized carbons (Fsp3) is 0.316. The molecular formula is C19H19IN2O3S. The molecule has 2 heterocycles. The third-order valence-electron chi connectivity index (χ3n) is 4.06. The zero-order valence-electron chi connectivity index (χ0n) is 14.4. The largest absolute Gasteiger partial charge is 0.493 e. The molecule has 0 saturated carbocycles. The summed E-state index contributed by atoms with van der Waals surface area (Å²) in [5, 5.41) is -0.245. The molecule has 26 heavy (non-hydrogen) atoms. The molecule has 0 spiro atoms. The maximum atomic E-state index is 11.4. The van der Waals surface area contributed by atoms with Crippen LogP contribution in [0.2, 0.25) is 0 Å². The van der Waals surface area contributed by atoms with Gasteiger partial charge in [-0.15, -0.1) is 0 Å². The summed E-state index contributed by atoms with van der Waals surface area (Å²) in [4.78, 5) is 19.7. The summed E-state index contributed by atoms with van der Waals surface area (Å²) in [7, 11) is 0. The van der Waals surface area contributed by atoms with E-state index in [1.807, 2.05) is 30.5 Å². The maximum absolute atomic E-state index is 11.4. The first-order valence-corrected chi connectivity index (χ1v) is 10.2. The molecule has 0 radical (unpaired) electrons. The van der Waals surface area contributed by atoms with Crippen molar-refractivity contribution in [1.82, 2.24) is 4.98 Å². The standard InChI is InChI=1S/C19H19IN2O3S/c1-2-13-3-6-15(21-12-13)9-10-24-16-7-4-14(5-8-16)11-17-18(25-20)22-19(23)26-17/h3-8,12,17H,2,9-11H2,1H3. The van der Waals surface area contributed by atoms with Gasteiger partial charge in [0.2, 0.25) is 5.90 Å². The highest BCUT2D eigenvalue weighted by atomic mass is 127. The SMILES string of the molecule is CCc1ccc(CCOc2ccc(CC3SC(=O)N=C3OI)cc2)nc1. The monoisotopic (exact) mass is 482 g/mol. The lowest BCUT2D eigenvalue weighted by atomic mass is 10.1. The summed E-state index contributed by atoms with van der Waals surface area (Å²) in [6, 6.07) is 12.1. The molecular weight excluding hydrogens is 463 g/mol. The molecule has 0 saturated heterocycles. The minimum atomic E-state index is -0.192. The smallest absolute Gasteiger partial charge is 0.308 e. The Morgan fingerprint density at radius 3 is 2.58 bits per heavy atom. The van der Waals surface area contributed by atoms with Crippen LogP contribution in [0, 0.1) is 0 Å². The van der Waals surface area contributed by atoms with Gasteiger partial charge in [-0.1, -0.05) is 25.1 Å². The third kappa shape index (κ3) is 5.20. The first-order valence-electron chi connectivity index (χ1n) is 8.41. The van der Waals surface area contributed by atoms with Gasteiger partial charge in [0.15, 0.2) is 23.0 Å². The van der Waals surface area contributed by atoms with Crippen LogP contribution in [0.4, 0.5) is 4.79 Å². The quantitative estimate of drug-likeness (QED) is 0.531. The Morgan fingerprint density at radius 1 is 1.15 bits per heavy atom. The van der Waals surface area contributed by atoms with Crippen molar-refractivity contribution < 1.29 is 12.6 Å². The average molecular weight is 482 g/mol. The number of hydrogen-bond acceptors (Lipinski definition) is 5. The molecule has 0 fully saturated rings. The fourth-order valence-electron chi connectivity index (χ4n) is 2.58. The van der Waals surface area contributed by atoms with Gasteiger partial charge in [-0.05, 0) is 53.9 Å². The van der Waals surface area contributed by atoms with Gasteiger partial charge in [0.25, 0.3) is 0 Å². The highest BCUT2D eigenvalue weighted by molar-refractivity contribution is 14.1. The van der Waals surface area contributed by atoms with Gasteiger partial charge in [-0.2, -0.15) is 4.99 Å². The summed E-state index contributed by atoms with van der Waals surface area (Å²) in [5.41, 5.74) is 3.39. The van der Waals surface area contributed by atoms with E-state index in [1.54, 1.807) is 23.0 Å². The van der Waals surface area contributed by atoms with Crippen LogP contribution in [-0.4, -0.2) is 28.0 Å². The van der Waals surface area contributed by atoms with Crippen molar-refractivity contribution in [2.75, 3.05) is 6.61 Å². The number of carbonyl (C=O) groups is 1. The second kappa shape index (κ2) is 9.36. The number of aromatic nitrogens is 1. The zero-order valence-corrected chi connectivity index (χ0v) is 17.3. The summed E-state index contributed by atoms with van der Waals surface area (Å²) in [6.07, 6.45) is 4.40. The Labute approximate surface area is 171 Å². The highest BCUT2D eigenvalue weighted by Crippen LogP contribution is 2.28. The van der Waals surface area contributed by atoms with Crippen LogP contribution in [0.5, 0.6) is 5.75 Å². The van der Waals surface area contributed by atoms with E-state index in [4.69, 9.17) is 7.80 Å². The van der Waals surface area contributed by atoms with Gasteiger partial charge in [-0.25, -0.2) is 0 Å². The fourth-order valence-corrected chi connectivity index (χ4v) is 4.02. The van der Waals surface area contributed by atoms with Crippen molar-refractivity contribution in [1.29, 1.82) is 0 Å². The van der Waals surface area contributed by atoms with E-state index in [0.717, 1.165) is 29.8 Å². The van der Waals surface area contributed by atoms with Crippen LogP contribution >= 0.6 is 34.8 Å². The number of hydrogen-bond donors (Lipinski definition) is 0. The Kier molecular flexibility index (Phi) is 6.90. The average Bonchev–Trinajstić information content (AvgIpc) is 3.03. The normalized spacial score (nSPS) is 16.5. The topological polar surface area (TPSA) is 60.8 Å². The molecule has 1 aliphatic heterocycles. The van der Waals surface area contributed by atoms with E-state index in [-0.39, 0.29) is 10.5 Å². The Morgan fingerprint density at radius 2 is 1.92 bits per heavy atom. The predicted octanol–water partition coefficient (Wildman–Crippen LogP) is 4.81. The second-order valence-corrected chi connectivity index (χ2v) is 7.45. The van der Waals surface area contributed by atoms with Crippen molar-refractivity contribution >= 4 is 45.9 Å². The van der Waals surface area contributed by atoms with Crippen molar-refractivity contribution in [2.24, 2.45) is 4.99 Å². The molecule has 7 heteroatoms. The number of benzene rings is 1. The first-order chi connectivity index (χ1) is 12.7. The number of ether oxygens (including phenoxy) is 1. The Balaban J connectivity index is 1.48. The molecule has 1 atom stereocenters. The second-order valence-electron chi connectivity index (χ2n) is 5.86. The predicted molar refractivity (Wildman–Crippen MR) is 112 cm³/mol. The van der Waals surface area contributed by atoms with Crippen molar-refractivity contribution in [2.45, 2.75) is 31.4 Å². The highest BCUT2D eigenvalue weighted by Gasteiger charge is 2.29. The minimum absolute atomic E-state index is 0.0525. The lowest BCUT2D eigenvalue weighted by Gasteiger charge is -2.10. The van der Waals surface area contributed by atoms with E-state index >= 15 is 0 Å². The van der Waals surface area contributed by atoms with Crippen LogP contribution < -0.4 is 4.74 Å². The third-order valence-corrected chi connectivity index (χ3v) is 5.46. The molecule has 0 aliphatic carbocycles. The summed E-state index contributed by atoms with van der Waals surface area (Å²) >= 11 is 2.97. The van der Waals surface area contributed by atoms with Gasteiger partial charge in [0.1, 0.15) is 5.75 Å². The number of thioether (sulfide) groups is 1. The number of amides is 1. The number of aliphatic imine (C=N–C) groups is 1. The molecule has 5 nitrogen and oxygen atoms in total. The number of aryl methyl sites for hydroxylation is 1. The van der Waals surface area contributed by atoms with Gasteiger partial charge in [0, 0.05) is 18.3 Å². The molecule has 136 valence electrons. The van der Waals surface area contributed by atoms with Gasteiger partial charge < -0.3 is 7.80 Å². The molecule has 1 unspecified atom stereocenters. The molecule has 1 amide bonds. The maximum Gasteiger partial charge on any atom is 0.308 e. The number of halogens is 1. The summed E-state index contributed by atoms with van der Waals surface area (Å²) < 4.78 is 10.9. The summed E-state index contributed by atoms with van der Waals surface area (Å²) in [5.74, 6) is 1.32. The molecule has 3 rings (SSSR count). The number of rotatable bonds is 7. The molecule has 2 aromatic rings. The lowest BCUT2D eigenvalue weighted by molar-refractivity contribution is 0.267. The number of nitrogens with zero attached hydrogens (tertiary/aromatic N) is 2. The number of pyridine rings is 1. The van der Waals surface area contributed by atoms with Gasteiger partial charge in [-0.3, -0.25) is 9.78 Å². The van der Waals surface area contributed by atoms with Crippen molar-refractivity contribution in [3.8, 4) is 5.75 Å². The van der Waals surface area contributed by atoms with Gasteiger partial charge in [0.05, 0.1) is 11.9 Å². The van der Waals surface area contributed by atoms with Crippen molar-refractivity contribution in [3.63, 3.8) is 0 Å². The van der Waals surface area contributed by atoms with Gasteiger partial charge >= 0.3 is 5.24 Å². The van der Waals surface area contributed by atoms with Crippen LogP contribution in [-0.2, 0) is 22.3 Å². The van der Waals surface area contributed by atoms with Crippen LogP contribution in [0.25, 0.3) is 0 Å². The Hall–Kier alpha value is -1.61. The molecule has 0 bridgehead atoms. The molecule has 1 aromatic carbocycles. The number of carbonyl (C=O) groups excluding carboxylic acids is 1. The molecule has 1 aromatic heterocycles. The Bertz CT molecular complexity index is 778.